The van der Waals surface area contributed by atoms with E-state index in [4.69, 9.17) is 10.5 Å². The highest BCUT2D eigenvalue weighted by Crippen LogP contribution is 2.41. The van der Waals surface area contributed by atoms with Crippen LogP contribution >= 0.6 is 0 Å². The van der Waals surface area contributed by atoms with Gasteiger partial charge in [-0.25, -0.2) is 0 Å². The molecule has 0 bridgehead atoms. The summed E-state index contributed by atoms with van der Waals surface area (Å²) in [7, 11) is 0. The number of esters is 1. The summed E-state index contributed by atoms with van der Waals surface area (Å²) in [5, 5.41) is 1.86. The summed E-state index contributed by atoms with van der Waals surface area (Å²) >= 11 is 0. The number of aromatic nitrogens is 1. The number of benzene rings is 4. The maximum Gasteiger partial charge on any atom is 0.305 e. The number of fused-ring (bicyclic) bond motifs is 4. The fraction of sp³-hybridized carbons (Fsp3) is 0.229. The van der Waals surface area contributed by atoms with Gasteiger partial charge in [-0.1, -0.05) is 55.0 Å². The maximum absolute atomic E-state index is 13.4. The van der Waals surface area contributed by atoms with Crippen LogP contribution in [0.1, 0.15) is 62.7 Å². The molecule has 0 radical (unpaired) electrons. The molecule has 0 spiro atoms. The molecule has 0 saturated heterocycles. The quantitative estimate of drug-likeness (QED) is 0.205. The van der Waals surface area contributed by atoms with Gasteiger partial charge in [-0.05, 0) is 72.4 Å². The zero-order valence-corrected chi connectivity index (χ0v) is 24.0. The molecule has 1 aliphatic heterocycles. The molecule has 0 fully saturated rings. The van der Waals surface area contributed by atoms with Crippen LogP contribution in [-0.4, -0.2) is 29.4 Å². The van der Waals surface area contributed by atoms with E-state index in [1.54, 1.807) is 6.07 Å². The van der Waals surface area contributed by atoms with Gasteiger partial charge in [-0.3, -0.25) is 14.4 Å². The number of carbonyl (C=O) groups excluding carboxylic acids is 3. The van der Waals surface area contributed by atoms with E-state index in [2.05, 4.69) is 4.98 Å². The highest BCUT2D eigenvalue weighted by Gasteiger charge is 2.30. The molecule has 212 valence electrons. The van der Waals surface area contributed by atoms with E-state index in [9.17, 15) is 14.4 Å². The van der Waals surface area contributed by atoms with Crippen LogP contribution in [-0.2, 0) is 22.5 Å². The average Bonchev–Trinajstić information content (AvgIpc) is 3.50. The normalized spacial score (nSPS) is 12.7. The molecule has 2 heterocycles. The minimum Gasteiger partial charge on any atom is -0.465 e. The van der Waals surface area contributed by atoms with E-state index in [0.29, 0.717) is 37.1 Å². The number of ether oxygens (including phenoxy) is 1. The Hall–Kier alpha value is -4.91. The van der Waals surface area contributed by atoms with Gasteiger partial charge in [-0.15, -0.1) is 0 Å². The number of nitrogens with two attached hydrogens (primary N) is 1. The molecule has 42 heavy (non-hydrogen) atoms. The smallest absolute Gasteiger partial charge is 0.305 e. The Morgan fingerprint density at radius 2 is 1.81 bits per heavy atom. The van der Waals surface area contributed by atoms with Crippen molar-refractivity contribution < 1.29 is 19.1 Å². The fourth-order valence-electron chi connectivity index (χ4n) is 6.02. The number of hydrogen-bond acceptors (Lipinski definition) is 4. The molecular weight excluding hydrogens is 526 g/mol. The van der Waals surface area contributed by atoms with E-state index >= 15 is 0 Å². The highest BCUT2D eigenvalue weighted by atomic mass is 16.5. The average molecular weight is 560 g/mol. The first kappa shape index (κ1) is 27.3. The number of aryl methyl sites for hydroxylation is 1. The second kappa shape index (κ2) is 10.8. The van der Waals surface area contributed by atoms with Crippen molar-refractivity contribution >= 4 is 45.3 Å². The van der Waals surface area contributed by atoms with Crippen molar-refractivity contribution in [3.8, 4) is 11.1 Å². The molecule has 4 aromatic carbocycles. The van der Waals surface area contributed by atoms with E-state index in [-0.39, 0.29) is 11.9 Å². The Balaban J connectivity index is 1.42. The van der Waals surface area contributed by atoms with Crippen LogP contribution in [0.2, 0.25) is 0 Å². The number of aromatic amines is 1. The molecule has 5 aromatic rings. The third kappa shape index (κ3) is 4.71. The predicted octanol–water partition coefficient (Wildman–Crippen LogP) is 6.75. The van der Waals surface area contributed by atoms with Crippen LogP contribution in [0.3, 0.4) is 0 Å². The molecular formula is C35H33N3O4. The van der Waals surface area contributed by atoms with Gasteiger partial charge in [0.05, 0.1) is 24.2 Å². The maximum atomic E-state index is 13.4. The van der Waals surface area contributed by atoms with Crippen molar-refractivity contribution in [2.45, 2.75) is 46.6 Å². The van der Waals surface area contributed by atoms with Gasteiger partial charge in [0.15, 0.2) is 0 Å². The number of nitrogens with one attached hydrogen (secondary N) is 1. The van der Waals surface area contributed by atoms with Crippen molar-refractivity contribution in [1.82, 2.24) is 4.98 Å². The first-order chi connectivity index (χ1) is 20.3. The van der Waals surface area contributed by atoms with Gasteiger partial charge in [0.25, 0.3) is 11.8 Å². The van der Waals surface area contributed by atoms with Crippen molar-refractivity contribution in [2.75, 3.05) is 11.5 Å². The van der Waals surface area contributed by atoms with Crippen molar-refractivity contribution in [3.63, 3.8) is 0 Å². The number of hydrogen-bond donors (Lipinski definition) is 2. The standard InChI is InChI=1S/C35H33N3O4/c1-4-6-31(39)42-16-15-22-10-12-26-29(18-22)37-33-27(34(36)40)14-13-25(32(26)33)24-7-5-8-30(21(24)3)38-19-23-11-9-20(2)17-28(23)35(38)41/h5,7-14,17-18,37H,4,6,15-16,19H2,1-3H3,(H2,36,40). The second-order valence-corrected chi connectivity index (χ2v) is 11.0. The lowest BCUT2D eigenvalue weighted by molar-refractivity contribution is -0.143. The minimum atomic E-state index is -0.512. The van der Waals surface area contributed by atoms with Crippen LogP contribution in [0.5, 0.6) is 0 Å². The van der Waals surface area contributed by atoms with Crippen LogP contribution in [0.25, 0.3) is 32.9 Å². The summed E-state index contributed by atoms with van der Waals surface area (Å²) in [5.41, 5.74) is 15.3. The van der Waals surface area contributed by atoms with Gasteiger partial charge >= 0.3 is 5.97 Å². The topological polar surface area (TPSA) is 105 Å². The van der Waals surface area contributed by atoms with Gasteiger partial charge in [0.2, 0.25) is 0 Å². The van der Waals surface area contributed by atoms with Crippen LogP contribution in [0.4, 0.5) is 5.69 Å². The zero-order chi connectivity index (χ0) is 29.5. The molecule has 0 saturated carbocycles. The molecule has 0 aliphatic carbocycles. The molecule has 1 aromatic heterocycles. The largest absolute Gasteiger partial charge is 0.465 e. The van der Waals surface area contributed by atoms with Gasteiger partial charge in [0, 0.05) is 40.4 Å². The Kier molecular flexibility index (Phi) is 7.02. The number of nitrogens with zero attached hydrogens (tertiary/aromatic N) is 1. The van der Waals surface area contributed by atoms with E-state index in [0.717, 1.165) is 67.3 Å². The lowest BCUT2D eigenvalue weighted by Gasteiger charge is -2.21. The van der Waals surface area contributed by atoms with E-state index in [1.165, 1.54) is 0 Å². The number of H-pyrrole nitrogens is 1. The summed E-state index contributed by atoms with van der Waals surface area (Å²) in [6.45, 7) is 6.82. The van der Waals surface area contributed by atoms with E-state index in [1.807, 2.05) is 86.3 Å². The van der Waals surface area contributed by atoms with Crippen LogP contribution in [0.15, 0.2) is 66.7 Å². The van der Waals surface area contributed by atoms with Crippen LogP contribution < -0.4 is 10.6 Å². The van der Waals surface area contributed by atoms with Crippen molar-refractivity contribution in [3.05, 3.63) is 100 Å². The summed E-state index contributed by atoms with van der Waals surface area (Å²) in [6, 6.07) is 21.8. The summed E-state index contributed by atoms with van der Waals surface area (Å²) in [5.74, 6) is -0.697. The first-order valence-corrected chi connectivity index (χ1v) is 14.3. The molecule has 7 nitrogen and oxygen atoms in total. The number of amides is 2. The number of carbonyl (C=O) groups is 3. The summed E-state index contributed by atoms with van der Waals surface area (Å²) in [6.07, 6.45) is 1.76. The fourth-order valence-corrected chi connectivity index (χ4v) is 6.02. The number of anilines is 1. The molecule has 1 aliphatic rings. The van der Waals surface area contributed by atoms with Crippen molar-refractivity contribution in [2.24, 2.45) is 5.73 Å². The lowest BCUT2D eigenvalue weighted by Crippen LogP contribution is -2.24. The summed E-state index contributed by atoms with van der Waals surface area (Å²) in [4.78, 5) is 42.9. The minimum absolute atomic E-state index is 0.00294. The Labute approximate surface area is 244 Å². The lowest BCUT2D eigenvalue weighted by atomic mass is 9.93. The molecule has 3 N–H and O–H groups in total. The molecule has 0 unspecified atom stereocenters. The monoisotopic (exact) mass is 559 g/mol. The van der Waals surface area contributed by atoms with Gasteiger partial charge in [-0.2, -0.15) is 0 Å². The third-order valence-corrected chi connectivity index (χ3v) is 8.15. The first-order valence-electron chi connectivity index (χ1n) is 14.3. The number of rotatable bonds is 8. The zero-order valence-electron chi connectivity index (χ0n) is 24.0. The van der Waals surface area contributed by atoms with Crippen LogP contribution in [0, 0.1) is 13.8 Å². The molecule has 2 amide bonds. The Morgan fingerprint density at radius 1 is 0.976 bits per heavy atom. The predicted molar refractivity (Wildman–Crippen MR) is 166 cm³/mol. The molecule has 0 atom stereocenters. The Bertz CT molecular complexity index is 1900. The Morgan fingerprint density at radius 3 is 2.60 bits per heavy atom. The third-order valence-electron chi connectivity index (χ3n) is 8.15. The van der Waals surface area contributed by atoms with E-state index < -0.39 is 5.91 Å². The number of primary amides is 1. The second-order valence-electron chi connectivity index (χ2n) is 11.0. The van der Waals surface area contributed by atoms with Gasteiger partial charge < -0.3 is 20.4 Å². The van der Waals surface area contributed by atoms with Crippen molar-refractivity contribution in [1.29, 1.82) is 0 Å². The summed E-state index contributed by atoms with van der Waals surface area (Å²) < 4.78 is 5.35. The highest BCUT2D eigenvalue weighted by molar-refractivity contribution is 6.20. The molecule has 6 rings (SSSR count). The SMILES string of the molecule is CCCC(=O)OCCc1ccc2c(c1)[nH]c1c(C(N)=O)ccc(-c3cccc(N4Cc5ccc(C)cc5C4=O)c3C)c12. The molecule has 7 heteroatoms. The van der Waals surface area contributed by atoms with Gasteiger partial charge in [0.1, 0.15) is 0 Å².